The van der Waals surface area contributed by atoms with Crippen molar-refractivity contribution in [3.8, 4) is 0 Å². The van der Waals surface area contributed by atoms with Crippen LogP contribution in [0.5, 0.6) is 0 Å². The van der Waals surface area contributed by atoms with Gasteiger partial charge in [0.05, 0.1) is 5.02 Å². The Morgan fingerprint density at radius 2 is 1.76 bits per heavy atom. The molecule has 0 saturated heterocycles. The summed E-state index contributed by atoms with van der Waals surface area (Å²) < 4.78 is 13.4. The van der Waals surface area contributed by atoms with Gasteiger partial charge in [0.2, 0.25) is 0 Å². The minimum atomic E-state index is -0.436. The number of nitrogens with two attached hydrogens (primary N) is 1. The molecule has 112 valence electrons. The lowest BCUT2D eigenvalue weighted by molar-refractivity contribution is 0.520. The predicted octanol–water partition coefficient (Wildman–Crippen LogP) is 4.40. The first kappa shape index (κ1) is 16.5. The Hall–Kier alpha value is -0.840. The van der Waals surface area contributed by atoms with Gasteiger partial charge in [-0.3, -0.25) is 11.3 Å². The van der Waals surface area contributed by atoms with Crippen LogP contribution in [0.1, 0.15) is 11.1 Å². The SMILES string of the molecule is NNC(Cc1ccc(Cl)cc1Cl)Cc1cccc(F)c1Cl. The van der Waals surface area contributed by atoms with Gasteiger partial charge in [-0.2, -0.15) is 0 Å². The van der Waals surface area contributed by atoms with Gasteiger partial charge >= 0.3 is 0 Å². The highest BCUT2D eigenvalue weighted by atomic mass is 35.5. The zero-order valence-corrected chi connectivity index (χ0v) is 13.3. The third-order valence-electron chi connectivity index (χ3n) is 3.22. The highest BCUT2D eigenvalue weighted by Gasteiger charge is 2.14. The van der Waals surface area contributed by atoms with Gasteiger partial charge in [-0.05, 0) is 42.2 Å². The Balaban J connectivity index is 2.15. The number of hydrogen-bond acceptors (Lipinski definition) is 2. The van der Waals surface area contributed by atoms with Crippen LogP contribution in [0.2, 0.25) is 15.1 Å². The number of nitrogens with one attached hydrogen (secondary N) is 1. The standard InChI is InChI=1S/C15H14Cl3FN2/c16-11-5-4-9(13(17)8-11)6-12(21-20)7-10-2-1-3-14(19)15(10)18/h1-5,8,12,21H,6-7,20H2. The van der Waals surface area contributed by atoms with Gasteiger partial charge < -0.3 is 0 Å². The van der Waals surface area contributed by atoms with Crippen molar-refractivity contribution in [2.75, 3.05) is 0 Å². The molecule has 1 unspecified atom stereocenters. The maximum atomic E-state index is 13.4. The van der Waals surface area contributed by atoms with E-state index in [-0.39, 0.29) is 11.1 Å². The quantitative estimate of drug-likeness (QED) is 0.621. The van der Waals surface area contributed by atoms with Gasteiger partial charge in [-0.1, -0.05) is 53.0 Å². The van der Waals surface area contributed by atoms with Crippen LogP contribution in [-0.2, 0) is 12.8 Å². The Labute approximate surface area is 138 Å². The third-order valence-corrected chi connectivity index (χ3v) is 4.23. The molecule has 0 amide bonds. The van der Waals surface area contributed by atoms with Crippen LogP contribution in [0.4, 0.5) is 4.39 Å². The van der Waals surface area contributed by atoms with E-state index < -0.39 is 5.82 Å². The van der Waals surface area contributed by atoms with Crippen molar-refractivity contribution < 1.29 is 4.39 Å². The van der Waals surface area contributed by atoms with Crippen LogP contribution < -0.4 is 11.3 Å². The van der Waals surface area contributed by atoms with E-state index in [0.29, 0.717) is 28.5 Å². The van der Waals surface area contributed by atoms with E-state index in [9.17, 15) is 4.39 Å². The number of hydrogen-bond donors (Lipinski definition) is 2. The molecular formula is C15H14Cl3FN2. The lowest BCUT2D eigenvalue weighted by Gasteiger charge is -2.18. The fraction of sp³-hybridized carbons (Fsp3) is 0.200. The molecule has 0 heterocycles. The van der Waals surface area contributed by atoms with Crippen molar-refractivity contribution in [2.24, 2.45) is 5.84 Å². The Morgan fingerprint density at radius 1 is 1.05 bits per heavy atom. The molecule has 6 heteroatoms. The largest absolute Gasteiger partial charge is 0.271 e. The van der Waals surface area contributed by atoms with E-state index in [1.54, 1.807) is 24.3 Å². The average molecular weight is 348 g/mol. The molecule has 0 aromatic heterocycles. The van der Waals surface area contributed by atoms with Gasteiger partial charge in [0.1, 0.15) is 5.82 Å². The van der Waals surface area contributed by atoms with Crippen molar-refractivity contribution in [1.82, 2.24) is 5.43 Å². The first-order valence-corrected chi connectivity index (χ1v) is 7.47. The highest BCUT2D eigenvalue weighted by molar-refractivity contribution is 6.35. The molecule has 0 fully saturated rings. The molecule has 0 radical (unpaired) electrons. The van der Waals surface area contributed by atoms with Crippen LogP contribution in [0.25, 0.3) is 0 Å². The molecule has 2 nitrogen and oxygen atoms in total. The van der Waals surface area contributed by atoms with Crippen LogP contribution in [0.3, 0.4) is 0 Å². The number of hydrazine groups is 1. The summed E-state index contributed by atoms with van der Waals surface area (Å²) in [5.41, 5.74) is 4.33. The Kier molecular flexibility index (Phi) is 5.85. The van der Waals surface area contributed by atoms with E-state index in [2.05, 4.69) is 5.43 Å². The molecule has 1 atom stereocenters. The van der Waals surface area contributed by atoms with Crippen molar-refractivity contribution in [3.05, 3.63) is 68.4 Å². The smallest absolute Gasteiger partial charge is 0.142 e. The molecule has 0 saturated carbocycles. The zero-order valence-electron chi connectivity index (χ0n) is 11.0. The van der Waals surface area contributed by atoms with Gasteiger partial charge in [0, 0.05) is 16.1 Å². The molecular weight excluding hydrogens is 334 g/mol. The monoisotopic (exact) mass is 346 g/mol. The number of rotatable bonds is 5. The lowest BCUT2D eigenvalue weighted by atomic mass is 9.99. The Morgan fingerprint density at radius 3 is 2.43 bits per heavy atom. The average Bonchev–Trinajstić information content (AvgIpc) is 2.45. The summed E-state index contributed by atoms with van der Waals surface area (Å²) in [4.78, 5) is 0. The van der Waals surface area contributed by atoms with Gasteiger partial charge in [-0.15, -0.1) is 0 Å². The summed E-state index contributed by atoms with van der Waals surface area (Å²) in [6.07, 6.45) is 1.07. The van der Waals surface area contributed by atoms with Crippen LogP contribution in [-0.4, -0.2) is 6.04 Å². The van der Waals surface area contributed by atoms with Gasteiger partial charge in [-0.25, -0.2) is 4.39 Å². The van der Waals surface area contributed by atoms with Crippen LogP contribution >= 0.6 is 34.8 Å². The number of benzene rings is 2. The molecule has 0 aliphatic rings. The van der Waals surface area contributed by atoms with E-state index in [4.69, 9.17) is 40.6 Å². The van der Waals surface area contributed by atoms with E-state index in [1.807, 2.05) is 6.07 Å². The van der Waals surface area contributed by atoms with Crippen LogP contribution in [0, 0.1) is 5.82 Å². The summed E-state index contributed by atoms with van der Waals surface area (Å²) in [6, 6.07) is 9.91. The second-order valence-corrected chi connectivity index (χ2v) is 5.94. The minimum Gasteiger partial charge on any atom is -0.271 e. The molecule has 2 aromatic rings. The van der Waals surface area contributed by atoms with Crippen LogP contribution in [0.15, 0.2) is 36.4 Å². The van der Waals surface area contributed by atoms with E-state index in [0.717, 1.165) is 5.56 Å². The molecule has 2 rings (SSSR count). The molecule has 3 N–H and O–H groups in total. The fourth-order valence-corrected chi connectivity index (χ4v) is 2.80. The Bertz CT molecular complexity index is 634. The molecule has 2 aromatic carbocycles. The third kappa shape index (κ3) is 4.31. The summed E-state index contributed by atoms with van der Waals surface area (Å²) in [5, 5.41) is 1.28. The predicted molar refractivity (Wildman–Crippen MR) is 86.4 cm³/mol. The van der Waals surface area contributed by atoms with E-state index >= 15 is 0 Å². The second-order valence-electron chi connectivity index (χ2n) is 4.72. The lowest BCUT2D eigenvalue weighted by Crippen LogP contribution is -2.38. The second kappa shape index (κ2) is 7.43. The molecule has 0 bridgehead atoms. The molecule has 21 heavy (non-hydrogen) atoms. The molecule has 0 aliphatic heterocycles. The zero-order chi connectivity index (χ0) is 15.4. The van der Waals surface area contributed by atoms with Crippen molar-refractivity contribution in [3.63, 3.8) is 0 Å². The van der Waals surface area contributed by atoms with Gasteiger partial charge in [0.25, 0.3) is 0 Å². The topological polar surface area (TPSA) is 38.0 Å². The van der Waals surface area contributed by atoms with E-state index in [1.165, 1.54) is 6.07 Å². The number of halogens is 4. The highest BCUT2D eigenvalue weighted by Crippen LogP contribution is 2.25. The maximum absolute atomic E-state index is 13.4. The minimum absolute atomic E-state index is 0.122. The van der Waals surface area contributed by atoms with Gasteiger partial charge in [0.15, 0.2) is 0 Å². The summed E-state index contributed by atoms with van der Waals surface area (Å²) in [7, 11) is 0. The molecule has 0 spiro atoms. The first-order chi connectivity index (χ1) is 10.0. The summed E-state index contributed by atoms with van der Waals surface area (Å²) in [5.74, 6) is 5.14. The summed E-state index contributed by atoms with van der Waals surface area (Å²) >= 11 is 18.0. The van der Waals surface area contributed by atoms with Crippen molar-refractivity contribution >= 4 is 34.8 Å². The fourth-order valence-electron chi connectivity index (χ4n) is 2.11. The van der Waals surface area contributed by atoms with Crippen molar-refractivity contribution in [1.29, 1.82) is 0 Å². The summed E-state index contributed by atoms with van der Waals surface area (Å²) in [6.45, 7) is 0. The van der Waals surface area contributed by atoms with Crippen molar-refractivity contribution in [2.45, 2.75) is 18.9 Å². The normalized spacial score (nSPS) is 12.4. The maximum Gasteiger partial charge on any atom is 0.142 e. The molecule has 0 aliphatic carbocycles. The first-order valence-electron chi connectivity index (χ1n) is 6.34.